The third-order valence-electron chi connectivity index (χ3n) is 5.31. The van der Waals surface area contributed by atoms with Crippen molar-refractivity contribution in [3.63, 3.8) is 0 Å². The zero-order chi connectivity index (χ0) is 13.9. The first-order valence-corrected chi connectivity index (χ1v) is 8.32. The van der Waals surface area contributed by atoms with E-state index in [0.29, 0.717) is 6.10 Å². The summed E-state index contributed by atoms with van der Waals surface area (Å²) >= 11 is 0. The van der Waals surface area contributed by atoms with Gasteiger partial charge in [-0.1, -0.05) is 19.3 Å². The Morgan fingerprint density at radius 1 is 1.00 bits per heavy atom. The maximum Gasteiger partial charge on any atom is 0.0751 e. The van der Waals surface area contributed by atoms with Gasteiger partial charge in [-0.15, -0.1) is 0 Å². The Bertz CT molecular complexity index is 303. The van der Waals surface area contributed by atoms with E-state index >= 15 is 0 Å². The highest BCUT2D eigenvalue weighted by Gasteiger charge is 2.40. The Labute approximate surface area is 122 Å². The summed E-state index contributed by atoms with van der Waals surface area (Å²) in [5.74, 6) is 0. The van der Waals surface area contributed by atoms with Gasteiger partial charge in [0.25, 0.3) is 0 Å². The van der Waals surface area contributed by atoms with Crippen LogP contribution < -0.4 is 5.73 Å². The van der Waals surface area contributed by atoms with Gasteiger partial charge < -0.3 is 19.9 Å². The lowest BCUT2D eigenvalue weighted by atomic mass is 9.82. The van der Waals surface area contributed by atoms with Crippen LogP contribution >= 0.6 is 0 Å². The molecule has 3 rings (SSSR count). The minimum atomic E-state index is -0.0700. The predicted octanol–water partition coefficient (Wildman–Crippen LogP) is 2.39. The van der Waals surface area contributed by atoms with Crippen molar-refractivity contribution < 1.29 is 14.2 Å². The maximum atomic E-state index is 6.47. The van der Waals surface area contributed by atoms with Crippen molar-refractivity contribution in [2.75, 3.05) is 26.4 Å². The summed E-state index contributed by atoms with van der Waals surface area (Å²) in [6.07, 6.45) is 10.5. The number of rotatable bonds is 3. The molecule has 4 nitrogen and oxygen atoms in total. The van der Waals surface area contributed by atoms with E-state index in [-0.39, 0.29) is 11.1 Å². The van der Waals surface area contributed by atoms with Gasteiger partial charge in [0, 0.05) is 31.8 Å². The number of ether oxygens (including phenoxy) is 3. The van der Waals surface area contributed by atoms with E-state index in [1.807, 2.05) is 0 Å². The zero-order valence-electron chi connectivity index (χ0n) is 12.6. The molecule has 2 saturated heterocycles. The maximum absolute atomic E-state index is 6.47. The molecule has 0 bridgehead atoms. The first kappa shape index (κ1) is 14.8. The smallest absolute Gasteiger partial charge is 0.0751 e. The van der Waals surface area contributed by atoms with Gasteiger partial charge in [0.05, 0.1) is 18.3 Å². The lowest BCUT2D eigenvalue weighted by Gasteiger charge is -2.44. The molecule has 0 amide bonds. The van der Waals surface area contributed by atoms with Crippen LogP contribution in [0.4, 0.5) is 0 Å². The van der Waals surface area contributed by atoms with Crippen molar-refractivity contribution in [2.45, 2.75) is 75.0 Å². The van der Waals surface area contributed by atoms with Gasteiger partial charge >= 0.3 is 0 Å². The van der Waals surface area contributed by atoms with Gasteiger partial charge in [0.1, 0.15) is 0 Å². The molecule has 0 radical (unpaired) electrons. The van der Waals surface area contributed by atoms with Crippen molar-refractivity contribution in [1.29, 1.82) is 0 Å². The summed E-state index contributed by atoms with van der Waals surface area (Å²) in [6.45, 7) is 3.20. The van der Waals surface area contributed by atoms with Crippen LogP contribution in [0.15, 0.2) is 0 Å². The van der Waals surface area contributed by atoms with Crippen LogP contribution in [0.1, 0.15) is 57.8 Å². The summed E-state index contributed by atoms with van der Waals surface area (Å²) in [7, 11) is 0. The second-order valence-corrected chi connectivity index (χ2v) is 6.99. The SMILES string of the molecule is NC1(COC2CCOC3(CCOCC3)C2)CCCCC1. The lowest BCUT2D eigenvalue weighted by Crippen LogP contribution is -2.50. The Morgan fingerprint density at radius 2 is 1.75 bits per heavy atom. The van der Waals surface area contributed by atoms with Crippen LogP contribution in [0.2, 0.25) is 0 Å². The topological polar surface area (TPSA) is 53.7 Å². The van der Waals surface area contributed by atoms with Crippen LogP contribution in [-0.4, -0.2) is 43.7 Å². The first-order valence-electron chi connectivity index (χ1n) is 8.32. The van der Waals surface area contributed by atoms with Crippen LogP contribution in [0.5, 0.6) is 0 Å². The van der Waals surface area contributed by atoms with E-state index in [0.717, 1.165) is 65.0 Å². The number of hydrogen-bond acceptors (Lipinski definition) is 4. The Morgan fingerprint density at radius 3 is 2.50 bits per heavy atom. The summed E-state index contributed by atoms with van der Waals surface area (Å²) in [4.78, 5) is 0. The van der Waals surface area contributed by atoms with E-state index < -0.39 is 0 Å². The molecule has 1 spiro atoms. The molecule has 1 atom stereocenters. The van der Waals surface area contributed by atoms with Crippen molar-refractivity contribution in [1.82, 2.24) is 0 Å². The molecule has 3 aliphatic rings. The summed E-state index contributed by atoms with van der Waals surface area (Å²) in [5.41, 5.74) is 6.42. The van der Waals surface area contributed by atoms with Crippen LogP contribution in [0, 0.1) is 0 Å². The minimum absolute atomic E-state index is 0.0233. The minimum Gasteiger partial charge on any atom is -0.381 e. The molecule has 0 aromatic rings. The van der Waals surface area contributed by atoms with E-state index in [2.05, 4.69) is 0 Å². The van der Waals surface area contributed by atoms with E-state index in [1.54, 1.807) is 0 Å². The van der Waals surface area contributed by atoms with Crippen LogP contribution in [0.25, 0.3) is 0 Å². The van der Waals surface area contributed by atoms with Gasteiger partial charge in [-0.25, -0.2) is 0 Å². The molecule has 20 heavy (non-hydrogen) atoms. The van der Waals surface area contributed by atoms with E-state index in [9.17, 15) is 0 Å². The van der Waals surface area contributed by atoms with Gasteiger partial charge in [0.2, 0.25) is 0 Å². The molecule has 1 saturated carbocycles. The van der Waals surface area contributed by atoms with Gasteiger partial charge in [-0.2, -0.15) is 0 Å². The van der Waals surface area contributed by atoms with Gasteiger partial charge in [-0.05, 0) is 32.1 Å². The molecule has 0 aromatic carbocycles. The van der Waals surface area contributed by atoms with Crippen molar-refractivity contribution >= 4 is 0 Å². The molecule has 0 aromatic heterocycles. The molecular formula is C16H29NO3. The van der Waals surface area contributed by atoms with E-state index in [4.69, 9.17) is 19.9 Å². The molecule has 1 aliphatic carbocycles. The lowest BCUT2D eigenvalue weighted by molar-refractivity contribution is -0.172. The zero-order valence-corrected chi connectivity index (χ0v) is 12.6. The highest BCUT2D eigenvalue weighted by Crippen LogP contribution is 2.36. The molecule has 3 fully saturated rings. The summed E-state index contributed by atoms with van der Waals surface area (Å²) in [5, 5.41) is 0. The highest BCUT2D eigenvalue weighted by molar-refractivity contribution is 4.91. The predicted molar refractivity (Wildman–Crippen MR) is 77.7 cm³/mol. The van der Waals surface area contributed by atoms with Crippen molar-refractivity contribution in [3.05, 3.63) is 0 Å². The van der Waals surface area contributed by atoms with Gasteiger partial charge in [-0.3, -0.25) is 0 Å². The third kappa shape index (κ3) is 3.53. The fraction of sp³-hybridized carbons (Fsp3) is 1.00. The standard InChI is InChI=1S/C16H29NO3/c17-15(5-2-1-3-6-15)13-19-14-4-9-20-16(12-14)7-10-18-11-8-16/h14H,1-13,17H2. The number of hydrogen-bond donors (Lipinski definition) is 1. The molecule has 116 valence electrons. The monoisotopic (exact) mass is 283 g/mol. The Hall–Kier alpha value is -0.160. The van der Waals surface area contributed by atoms with Gasteiger partial charge in [0.15, 0.2) is 0 Å². The Balaban J connectivity index is 1.49. The molecule has 1 unspecified atom stereocenters. The van der Waals surface area contributed by atoms with E-state index in [1.165, 1.54) is 19.3 Å². The van der Waals surface area contributed by atoms with Crippen molar-refractivity contribution in [3.8, 4) is 0 Å². The molecule has 4 heteroatoms. The average Bonchev–Trinajstić information content (AvgIpc) is 2.47. The quantitative estimate of drug-likeness (QED) is 0.864. The van der Waals surface area contributed by atoms with Crippen LogP contribution in [0.3, 0.4) is 0 Å². The fourth-order valence-electron chi connectivity index (χ4n) is 3.90. The average molecular weight is 283 g/mol. The largest absolute Gasteiger partial charge is 0.381 e. The summed E-state index contributed by atoms with van der Waals surface area (Å²) in [6, 6.07) is 0. The number of nitrogens with two attached hydrogens (primary N) is 1. The fourth-order valence-corrected chi connectivity index (χ4v) is 3.90. The molecule has 2 aliphatic heterocycles. The first-order chi connectivity index (χ1) is 9.70. The van der Waals surface area contributed by atoms with Crippen molar-refractivity contribution in [2.24, 2.45) is 5.73 Å². The molecule has 2 N–H and O–H groups in total. The normalized spacial score (nSPS) is 33.1. The molecule has 2 heterocycles. The Kier molecular flexibility index (Phi) is 4.65. The van der Waals surface area contributed by atoms with Crippen LogP contribution in [-0.2, 0) is 14.2 Å². The second-order valence-electron chi connectivity index (χ2n) is 6.99. The molecular weight excluding hydrogens is 254 g/mol. The highest BCUT2D eigenvalue weighted by atomic mass is 16.5. The third-order valence-corrected chi connectivity index (χ3v) is 5.31. The summed E-state index contributed by atoms with van der Waals surface area (Å²) < 4.78 is 17.7. The second kappa shape index (κ2) is 6.30.